The van der Waals surface area contributed by atoms with Gasteiger partial charge in [0.2, 0.25) is 10.0 Å². The SMILES string of the molecule is COc1cc(C)c(S(=O)(=O)NCCn2c(C)ccc2C)cc1C. The number of hydrogen-bond donors (Lipinski definition) is 1. The molecule has 0 aliphatic rings. The molecule has 0 aliphatic carbocycles. The van der Waals surface area contributed by atoms with E-state index in [1.807, 2.05) is 32.9 Å². The summed E-state index contributed by atoms with van der Waals surface area (Å²) in [5, 5.41) is 0. The lowest BCUT2D eigenvalue weighted by Gasteiger charge is -2.14. The van der Waals surface area contributed by atoms with Gasteiger partial charge in [-0.1, -0.05) is 0 Å². The summed E-state index contributed by atoms with van der Waals surface area (Å²) >= 11 is 0. The number of benzene rings is 1. The van der Waals surface area contributed by atoms with Gasteiger partial charge < -0.3 is 9.30 Å². The maximum absolute atomic E-state index is 12.5. The second-order valence-electron chi connectivity index (χ2n) is 5.75. The molecule has 0 spiro atoms. The Morgan fingerprint density at radius 1 is 1.04 bits per heavy atom. The summed E-state index contributed by atoms with van der Waals surface area (Å²) in [6.07, 6.45) is 0. The summed E-state index contributed by atoms with van der Waals surface area (Å²) in [5.41, 5.74) is 3.72. The van der Waals surface area contributed by atoms with E-state index in [1.54, 1.807) is 26.2 Å². The number of methoxy groups -OCH3 is 1. The number of ether oxygens (including phenoxy) is 1. The van der Waals surface area contributed by atoms with Crippen LogP contribution in [0.2, 0.25) is 0 Å². The molecule has 0 unspecified atom stereocenters. The molecular weight excluding hydrogens is 312 g/mol. The standard InChI is InChI=1S/C17H24N2O3S/c1-12-11-17(13(2)10-16(12)22-5)23(20,21)18-8-9-19-14(3)6-7-15(19)4/h6-7,10-11,18H,8-9H2,1-5H3. The Morgan fingerprint density at radius 2 is 1.65 bits per heavy atom. The highest BCUT2D eigenvalue weighted by Gasteiger charge is 2.18. The molecule has 2 rings (SSSR count). The van der Waals surface area contributed by atoms with E-state index in [0.717, 1.165) is 17.0 Å². The summed E-state index contributed by atoms with van der Waals surface area (Å²) in [4.78, 5) is 0.303. The van der Waals surface area contributed by atoms with E-state index in [0.29, 0.717) is 29.3 Å². The van der Waals surface area contributed by atoms with Crippen LogP contribution in [0.25, 0.3) is 0 Å². The predicted octanol–water partition coefficient (Wildman–Crippen LogP) is 2.71. The fourth-order valence-electron chi connectivity index (χ4n) is 2.69. The molecular formula is C17H24N2O3S. The Bertz CT molecular complexity index is 788. The van der Waals surface area contributed by atoms with E-state index in [-0.39, 0.29) is 0 Å². The Morgan fingerprint density at radius 3 is 2.22 bits per heavy atom. The summed E-state index contributed by atoms with van der Waals surface area (Å²) in [6.45, 7) is 8.60. The molecule has 0 saturated heterocycles. The lowest BCUT2D eigenvalue weighted by molar-refractivity contribution is 0.411. The van der Waals surface area contributed by atoms with Gasteiger partial charge in [0.05, 0.1) is 12.0 Å². The van der Waals surface area contributed by atoms with E-state index in [9.17, 15) is 8.42 Å². The molecule has 1 aromatic carbocycles. The van der Waals surface area contributed by atoms with Crippen LogP contribution in [0.4, 0.5) is 0 Å². The number of nitrogens with zero attached hydrogens (tertiary/aromatic N) is 1. The molecule has 5 nitrogen and oxygen atoms in total. The number of aryl methyl sites for hydroxylation is 4. The molecule has 1 heterocycles. The molecule has 1 N–H and O–H groups in total. The van der Waals surface area contributed by atoms with Crippen molar-refractivity contribution in [3.05, 3.63) is 46.8 Å². The molecule has 0 saturated carbocycles. The zero-order chi connectivity index (χ0) is 17.2. The van der Waals surface area contributed by atoms with Gasteiger partial charge in [0.25, 0.3) is 0 Å². The number of nitrogens with one attached hydrogen (secondary N) is 1. The molecule has 0 aliphatic heterocycles. The first-order valence-corrected chi connectivity index (χ1v) is 9.02. The summed E-state index contributed by atoms with van der Waals surface area (Å²) in [5.74, 6) is 0.694. The normalized spacial score (nSPS) is 11.7. The maximum atomic E-state index is 12.5. The smallest absolute Gasteiger partial charge is 0.240 e. The molecule has 2 aromatic rings. The van der Waals surface area contributed by atoms with Crippen molar-refractivity contribution in [3.63, 3.8) is 0 Å². The minimum atomic E-state index is -3.54. The topological polar surface area (TPSA) is 60.3 Å². The highest BCUT2D eigenvalue weighted by Crippen LogP contribution is 2.25. The highest BCUT2D eigenvalue weighted by molar-refractivity contribution is 7.89. The van der Waals surface area contributed by atoms with Crippen LogP contribution in [0.1, 0.15) is 22.5 Å². The molecule has 0 fully saturated rings. The Hall–Kier alpha value is -1.79. The summed E-state index contributed by atoms with van der Waals surface area (Å²) < 4.78 is 35.1. The number of sulfonamides is 1. The van der Waals surface area contributed by atoms with E-state index in [1.165, 1.54) is 0 Å². The quantitative estimate of drug-likeness (QED) is 0.882. The van der Waals surface area contributed by atoms with Gasteiger partial charge in [0, 0.05) is 24.5 Å². The number of hydrogen-bond acceptors (Lipinski definition) is 3. The van der Waals surface area contributed by atoms with Gasteiger partial charge in [0.1, 0.15) is 5.75 Å². The van der Waals surface area contributed by atoms with Crippen LogP contribution in [0.5, 0.6) is 5.75 Å². The molecule has 126 valence electrons. The van der Waals surface area contributed by atoms with Crippen LogP contribution in [0, 0.1) is 27.7 Å². The van der Waals surface area contributed by atoms with E-state index >= 15 is 0 Å². The Kier molecular flexibility index (Phi) is 5.16. The van der Waals surface area contributed by atoms with Crippen molar-refractivity contribution < 1.29 is 13.2 Å². The van der Waals surface area contributed by atoms with Crippen molar-refractivity contribution >= 4 is 10.0 Å². The van der Waals surface area contributed by atoms with Crippen molar-refractivity contribution in [2.24, 2.45) is 0 Å². The first kappa shape index (κ1) is 17.6. The number of aromatic nitrogens is 1. The zero-order valence-corrected chi connectivity index (χ0v) is 15.1. The molecule has 1 aromatic heterocycles. The van der Waals surface area contributed by atoms with Crippen LogP contribution >= 0.6 is 0 Å². The average molecular weight is 336 g/mol. The fraction of sp³-hybridized carbons (Fsp3) is 0.412. The van der Waals surface area contributed by atoms with Crippen molar-refractivity contribution in [2.75, 3.05) is 13.7 Å². The largest absolute Gasteiger partial charge is 0.496 e. The fourth-order valence-corrected chi connectivity index (χ4v) is 4.02. The third-order valence-corrected chi connectivity index (χ3v) is 5.63. The first-order chi connectivity index (χ1) is 10.8. The molecule has 23 heavy (non-hydrogen) atoms. The lowest BCUT2D eigenvalue weighted by Crippen LogP contribution is -2.28. The van der Waals surface area contributed by atoms with Crippen molar-refractivity contribution in [1.29, 1.82) is 0 Å². The molecule has 6 heteroatoms. The third-order valence-electron chi connectivity index (χ3n) is 4.03. The molecule has 0 radical (unpaired) electrons. The van der Waals surface area contributed by atoms with Crippen molar-refractivity contribution in [3.8, 4) is 5.75 Å². The van der Waals surface area contributed by atoms with E-state index in [2.05, 4.69) is 9.29 Å². The Labute approximate surface area is 138 Å². The lowest BCUT2D eigenvalue weighted by atomic mass is 10.1. The number of rotatable bonds is 6. The highest BCUT2D eigenvalue weighted by atomic mass is 32.2. The van der Waals surface area contributed by atoms with Crippen LogP contribution in [0.3, 0.4) is 0 Å². The minimum Gasteiger partial charge on any atom is -0.496 e. The predicted molar refractivity (Wildman–Crippen MR) is 91.6 cm³/mol. The van der Waals surface area contributed by atoms with Crippen molar-refractivity contribution in [2.45, 2.75) is 39.1 Å². The summed E-state index contributed by atoms with van der Waals surface area (Å²) in [7, 11) is -1.96. The minimum absolute atomic E-state index is 0.303. The van der Waals surface area contributed by atoms with Gasteiger partial charge in [-0.3, -0.25) is 0 Å². The van der Waals surface area contributed by atoms with Gasteiger partial charge in [-0.2, -0.15) is 0 Å². The van der Waals surface area contributed by atoms with Gasteiger partial charge in [-0.15, -0.1) is 0 Å². The average Bonchev–Trinajstić information content (AvgIpc) is 2.80. The van der Waals surface area contributed by atoms with Crippen LogP contribution in [0.15, 0.2) is 29.2 Å². The third kappa shape index (κ3) is 3.76. The van der Waals surface area contributed by atoms with Gasteiger partial charge in [0.15, 0.2) is 0 Å². The van der Waals surface area contributed by atoms with Crippen molar-refractivity contribution in [1.82, 2.24) is 9.29 Å². The van der Waals surface area contributed by atoms with E-state index < -0.39 is 10.0 Å². The first-order valence-electron chi connectivity index (χ1n) is 7.54. The summed E-state index contributed by atoms with van der Waals surface area (Å²) in [6, 6.07) is 7.47. The zero-order valence-electron chi connectivity index (χ0n) is 14.3. The van der Waals surface area contributed by atoms with E-state index in [4.69, 9.17) is 4.74 Å². The molecule has 0 amide bonds. The van der Waals surface area contributed by atoms with Gasteiger partial charge >= 0.3 is 0 Å². The van der Waals surface area contributed by atoms with Crippen LogP contribution in [-0.2, 0) is 16.6 Å². The van der Waals surface area contributed by atoms with Gasteiger partial charge in [-0.25, -0.2) is 13.1 Å². The van der Waals surface area contributed by atoms with Crippen LogP contribution < -0.4 is 9.46 Å². The molecule has 0 atom stereocenters. The van der Waals surface area contributed by atoms with Crippen LogP contribution in [-0.4, -0.2) is 26.6 Å². The second-order valence-corrected chi connectivity index (χ2v) is 7.49. The molecule has 0 bridgehead atoms. The second kappa shape index (κ2) is 6.76. The maximum Gasteiger partial charge on any atom is 0.240 e. The van der Waals surface area contributed by atoms with Gasteiger partial charge in [-0.05, 0) is 63.1 Å². The Balaban J connectivity index is 2.15. The monoisotopic (exact) mass is 336 g/mol.